The Kier molecular flexibility index (Phi) is 6.84. The van der Waals surface area contributed by atoms with Gasteiger partial charge in [0.05, 0.1) is 27.2 Å². The van der Waals surface area contributed by atoms with E-state index in [0.717, 1.165) is 12.8 Å². The number of carbonyl (C=O) groups excluding carboxylic acids is 2. The normalized spacial score (nSPS) is 15.7. The van der Waals surface area contributed by atoms with E-state index in [-0.39, 0.29) is 23.3 Å². The summed E-state index contributed by atoms with van der Waals surface area (Å²) in [7, 11) is 0. The van der Waals surface area contributed by atoms with E-state index in [1.165, 1.54) is 30.0 Å². The van der Waals surface area contributed by atoms with Gasteiger partial charge in [0, 0.05) is 24.8 Å². The number of hydrogen-bond acceptors (Lipinski definition) is 6. The van der Waals surface area contributed by atoms with E-state index in [9.17, 15) is 19.7 Å². The molecule has 1 aliphatic rings. The summed E-state index contributed by atoms with van der Waals surface area (Å²) >= 11 is 1.23. The van der Waals surface area contributed by atoms with Gasteiger partial charge in [-0.2, -0.15) is 0 Å². The van der Waals surface area contributed by atoms with Crippen LogP contribution in [0, 0.1) is 10.1 Å². The third-order valence-electron chi connectivity index (χ3n) is 4.57. The minimum Gasteiger partial charge on any atom is -0.376 e. The van der Waals surface area contributed by atoms with Crippen molar-refractivity contribution in [1.29, 1.82) is 0 Å². The van der Waals surface area contributed by atoms with Crippen LogP contribution in [-0.2, 0) is 4.74 Å². The van der Waals surface area contributed by atoms with Gasteiger partial charge in [-0.1, -0.05) is 12.1 Å². The zero-order valence-corrected chi connectivity index (χ0v) is 16.7. The number of nitro benzene ring substituents is 1. The maximum Gasteiger partial charge on any atom is 0.283 e. The summed E-state index contributed by atoms with van der Waals surface area (Å²) in [4.78, 5) is 36.4. The Morgan fingerprint density at radius 3 is 2.72 bits per heavy atom. The lowest BCUT2D eigenvalue weighted by molar-refractivity contribution is -0.387. The van der Waals surface area contributed by atoms with Crippen LogP contribution in [0.5, 0.6) is 0 Å². The van der Waals surface area contributed by atoms with E-state index in [1.54, 1.807) is 30.5 Å². The maximum atomic E-state index is 12.6. The standard InChI is InChI=1S/C20H21N3O5S/c1-29-18-9-8-13(11-17(18)23(26)27)19(24)22-16-7-3-2-6-15(16)20(25)21-12-14-5-4-10-28-14/h2-3,6-9,11,14H,4-5,10,12H2,1H3,(H,21,25)(H,22,24)/t14-/m1/s1. The molecule has 1 aliphatic heterocycles. The number of ether oxygens (including phenoxy) is 1. The van der Waals surface area contributed by atoms with E-state index < -0.39 is 10.8 Å². The van der Waals surface area contributed by atoms with Crippen molar-refractivity contribution in [1.82, 2.24) is 5.32 Å². The lowest BCUT2D eigenvalue weighted by atomic mass is 10.1. The minimum absolute atomic E-state index is 0.0104. The molecule has 0 saturated carbocycles. The number of rotatable bonds is 7. The topological polar surface area (TPSA) is 111 Å². The fourth-order valence-electron chi connectivity index (χ4n) is 3.07. The highest BCUT2D eigenvalue weighted by atomic mass is 32.2. The summed E-state index contributed by atoms with van der Waals surface area (Å²) in [5.41, 5.74) is 0.657. The van der Waals surface area contributed by atoms with Gasteiger partial charge in [-0.25, -0.2) is 0 Å². The predicted molar refractivity (Wildman–Crippen MR) is 111 cm³/mol. The maximum absolute atomic E-state index is 12.6. The Bertz CT molecular complexity index is 928. The first-order chi connectivity index (χ1) is 14.0. The monoisotopic (exact) mass is 415 g/mol. The van der Waals surface area contributed by atoms with Crippen molar-refractivity contribution in [3.63, 3.8) is 0 Å². The number of benzene rings is 2. The fraction of sp³-hybridized carbons (Fsp3) is 0.300. The van der Waals surface area contributed by atoms with Gasteiger partial charge in [-0.05, 0) is 43.4 Å². The van der Waals surface area contributed by atoms with Gasteiger partial charge in [0.2, 0.25) is 0 Å². The highest BCUT2D eigenvalue weighted by molar-refractivity contribution is 7.98. The Hall–Kier alpha value is -2.91. The molecule has 9 heteroatoms. The number of thioether (sulfide) groups is 1. The van der Waals surface area contributed by atoms with E-state index in [1.807, 2.05) is 0 Å². The van der Waals surface area contributed by atoms with Crippen molar-refractivity contribution in [2.45, 2.75) is 23.8 Å². The second kappa shape index (κ2) is 9.53. The molecule has 2 N–H and O–H groups in total. The molecular weight excluding hydrogens is 394 g/mol. The van der Waals surface area contributed by atoms with Gasteiger partial charge in [0.25, 0.3) is 17.5 Å². The molecule has 2 aromatic carbocycles. The Balaban J connectivity index is 1.74. The van der Waals surface area contributed by atoms with Crippen LogP contribution in [-0.4, -0.2) is 42.2 Å². The molecule has 0 unspecified atom stereocenters. The average Bonchev–Trinajstić information content (AvgIpc) is 3.25. The summed E-state index contributed by atoms with van der Waals surface area (Å²) in [5, 5.41) is 16.7. The number of amides is 2. The highest BCUT2D eigenvalue weighted by Crippen LogP contribution is 2.28. The number of nitrogens with one attached hydrogen (secondary N) is 2. The molecule has 8 nitrogen and oxygen atoms in total. The SMILES string of the molecule is CSc1ccc(C(=O)Nc2ccccc2C(=O)NC[C@H]2CCCO2)cc1[N+](=O)[O-]. The molecule has 0 bridgehead atoms. The van der Waals surface area contributed by atoms with Crippen LogP contribution in [0.3, 0.4) is 0 Å². The molecule has 152 valence electrons. The number of nitro groups is 1. The first kappa shape index (κ1) is 20.8. The average molecular weight is 415 g/mol. The molecule has 2 aromatic rings. The Labute approximate surface area is 172 Å². The summed E-state index contributed by atoms with van der Waals surface area (Å²) in [5.74, 6) is -0.847. The number of para-hydroxylation sites is 1. The molecule has 0 aliphatic carbocycles. The molecule has 0 radical (unpaired) electrons. The van der Waals surface area contributed by atoms with Crippen molar-refractivity contribution >= 4 is 35.0 Å². The van der Waals surface area contributed by atoms with E-state index in [4.69, 9.17) is 4.74 Å². The van der Waals surface area contributed by atoms with E-state index >= 15 is 0 Å². The predicted octanol–water partition coefficient (Wildman–Crippen LogP) is 3.48. The van der Waals surface area contributed by atoms with Gasteiger partial charge < -0.3 is 15.4 Å². The Morgan fingerprint density at radius 2 is 2.03 bits per heavy atom. The van der Waals surface area contributed by atoms with Crippen LogP contribution in [0.2, 0.25) is 0 Å². The largest absolute Gasteiger partial charge is 0.376 e. The van der Waals surface area contributed by atoms with Gasteiger partial charge in [-0.3, -0.25) is 19.7 Å². The first-order valence-electron chi connectivity index (χ1n) is 9.12. The van der Waals surface area contributed by atoms with Crippen molar-refractivity contribution in [3.05, 3.63) is 63.7 Å². The number of hydrogen-bond donors (Lipinski definition) is 2. The smallest absolute Gasteiger partial charge is 0.283 e. The summed E-state index contributed by atoms with van der Waals surface area (Å²) in [6.45, 7) is 1.11. The molecule has 1 fully saturated rings. The van der Waals surface area contributed by atoms with Crippen molar-refractivity contribution in [2.24, 2.45) is 0 Å². The lowest BCUT2D eigenvalue weighted by Gasteiger charge is -2.14. The van der Waals surface area contributed by atoms with Gasteiger partial charge >= 0.3 is 0 Å². The molecular formula is C20H21N3O5S. The highest BCUT2D eigenvalue weighted by Gasteiger charge is 2.20. The third kappa shape index (κ3) is 5.12. The van der Waals surface area contributed by atoms with Crippen LogP contribution in [0.1, 0.15) is 33.6 Å². The molecule has 0 spiro atoms. The summed E-state index contributed by atoms with van der Waals surface area (Å²) in [6.07, 6.45) is 3.63. The van der Waals surface area contributed by atoms with Crippen LogP contribution in [0.15, 0.2) is 47.4 Å². The molecule has 1 heterocycles. The molecule has 3 rings (SSSR count). The Morgan fingerprint density at radius 1 is 1.24 bits per heavy atom. The molecule has 0 aromatic heterocycles. The van der Waals surface area contributed by atoms with Crippen LogP contribution >= 0.6 is 11.8 Å². The van der Waals surface area contributed by atoms with E-state index in [0.29, 0.717) is 29.3 Å². The number of carbonyl (C=O) groups is 2. The van der Waals surface area contributed by atoms with Crippen LogP contribution < -0.4 is 10.6 Å². The van der Waals surface area contributed by atoms with Crippen LogP contribution in [0.25, 0.3) is 0 Å². The molecule has 1 saturated heterocycles. The van der Waals surface area contributed by atoms with Gasteiger partial charge in [0.1, 0.15) is 0 Å². The minimum atomic E-state index is -0.528. The third-order valence-corrected chi connectivity index (χ3v) is 5.36. The van der Waals surface area contributed by atoms with Gasteiger partial charge in [0.15, 0.2) is 0 Å². The lowest BCUT2D eigenvalue weighted by Crippen LogP contribution is -2.32. The quantitative estimate of drug-likeness (QED) is 0.407. The second-order valence-corrected chi connectivity index (χ2v) is 7.34. The molecule has 29 heavy (non-hydrogen) atoms. The number of nitrogens with zero attached hydrogens (tertiary/aromatic N) is 1. The second-order valence-electron chi connectivity index (χ2n) is 6.49. The van der Waals surface area contributed by atoms with E-state index in [2.05, 4.69) is 10.6 Å². The summed E-state index contributed by atoms with van der Waals surface area (Å²) < 4.78 is 5.50. The summed E-state index contributed by atoms with van der Waals surface area (Å²) in [6, 6.07) is 10.9. The number of anilines is 1. The van der Waals surface area contributed by atoms with Crippen molar-refractivity contribution in [3.8, 4) is 0 Å². The zero-order valence-electron chi connectivity index (χ0n) is 15.8. The zero-order chi connectivity index (χ0) is 20.8. The van der Waals surface area contributed by atoms with Crippen molar-refractivity contribution < 1.29 is 19.2 Å². The van der Waals surface area contributed by atoms with Crippen molar-refractivity contribution in [2.75, 3.05) is 24.7 Å². The fourth-order valence-corrected chi connectivity index (χ4v) is 3.61. The van der Waals surface area contributed by atoms with Gasteiger partial charge in [-0.15, -0.1) is 11.8 Å². The molecule has 1 atom stereocenters. The molecule has 2 amide bonds. The van der Waals surface area contributed by atoms with Crippen LogP contribution in [0.4, 0.5) is 11.4 Å². The first-order valence-corrected chi connectivity index (χ1v) is 10.3.